The zero-order valence-corrected chi connectivity index (χ0v) is 12.0. The third kappa shape index (κ3) is 3.29. The number of aryl methyl sites for hydroxylation is 1. The van der Waals surface area contributed by atoms with Gasteiger partial charge in [0.2, 0.25) is 0 Å². The predicted octanol–water partition coefficient (Wildman–Crippen LogP) is 3.23. The van der Waals surface area contributed by atoms with Gasteiger partial charge in [-0.3, -0.25) is 14.5 Å². The van der Waals surface area contributed by atoms with Gasteiger partial charge in [0.25, 0.3) is 11.1 Å². The average molecular weight is 278 g/mol. The highest BCUT2D eigenvalue weighted by Crippen LogP contribution is 2.28. The molecule has 5 heteroatoms. The van der Waals surface area contributed by atoms with Crippen molar-refractivity contribution in [1.82, 2.24) is 4.90 Å². The first kappa shape index (κ1) is 13.9. The summed E-state index contributed by atoms with van der Waals surface area (Å²) in [6.45, 7) is 4.57. The van der Waals surface area contributed by atoms with E-state index in [1.807, 2.05) is 38.1 Å². The minimum atomic E-state index is -0.493. The molecule has 2 rings (SSSR count). The SMILES string of the molecule is CCCCN1C(=O)S[C@H](Nc2ccc(C)cc2)C1=O. The summed E-state index contributed by atoms with van der Waals surface area (Å²) in [4.78, 5) is 25.2. The molecular formula is C14H18N2O2S. The normalized spacial score (nSPS) is 19.1. The molecule has 1 heterocycles. The Morgan fingerprint density at radius 1 is 1.26 bits per heavy atom. The number of nitrogens with zero attached hydrogens (tertiary/aromatic N) is 1. The number of hydrogen-bond donors (Lipinski definition) is 1. The number of hydrogen-bond acceptors (Lipinski definition) is 4. The van der Waals surface area contributed by atoms with Gasteiger partial charge in [-0.25, -0.2) is 0 Å². The van der Waals surface area contributed by atoms with E-state index in [1.54, 1.807) is 0 Å². The molecule has 0 radical (unpaired) electrons. The minimum Gasteiger partial charge on any atom is -0.365 e. The second kappa shape index (κ2) is 6.10. The van der Waals surface area contributed by atoms with Crippen LogP contribution in [-0.4, -0.2) is 28.0 Å². The van der Waals surface area contributed by atoms with Crippen LogP contribution in [0.5, 0.6) is 0 Å². The highest BCUT2D eigenvalue weighted by molar-refractivity contribution is 8.15. The molecule has 0 unspecified atom stereocenters. The van der Waals surface area contributed by atoms with E-state index in [9.17, 15) is 9.59 Å². The standard InChI is InChI=1S/C14H18N2O2S/c1-3-4-9-16-13(17)12(19-14(16)18)15-11-7-5-10(2)6-8-11/h5-8,12,15H,3-4,9H2,1-2H3/t12-/m0/s1. The molecule has 1 N–H and O–H groups in total. The molecule has 1 aromatic rings. The molecule has 0 bridgehead atoms. The van der Waals surface area contributed by atoms with Crippen LogP contribution in [-0.2, 0) is 4.79 Å². The van der Waals surface area contributed by atoms with Gasteiger partial charge in [-0.1, -0.05) is 31.0 Å². The average Bonchev–Trinajstić information content (AvgIpc) is 2.65. The Hall–Kier alpha value is -1.49. The van der Waals surface area contributed by atoms with Crippen LogP contribution in [0.4, 0.5) is 10.5 Å². The molecule has 2 amide bonds. The molecule has 1 aliphatic heterocycles. The van der Waals surface area contributed by atoms with Crippen LogP contribution >= 0.6 is 11.8 Å². The highest BCUT2D eigenvalue weighted by Gasteiger charge is 2.39. The van der Waals surface area contributed by atoms with Crippen LogP contribution in [0.15, 0.2) is 24.3 Å². The van der Waals surface area contributed by atoms with Gasteiger partial charge in [0, 0.05) is 12.2 Å². The molecule has 1 fully saturated rings. The van der Waals surface area contributed by atoms with E-state index < -0.39 is 5.37 Å². The van der Waals surface area contributed by atoms with E-state index in [4.69, 9.17) is 0 Å². The van der Waals surface area contributed by atoms with Crippen molar-refractivity contribution in [1.29, 1.82) is 0 Å². The lowest BCUT2D eigenvalue weighted by molar-refractivity contribution is -0.126. The Kier molecular flexibility index (Phi) is 4.47. The van der Waals surface area contributed by atoms with E-state index in [-0.39, 0.29) is 11.1 Å². The van der Waals surface area contributed by atoms with Gasteiger partial charge in [0.1, 0.15) is 0 Å². The van der Waals surface area contributed by atoms with Gasteiger partial charge in [-0.05, 0) is 37.2 Å². The molecular weight excluding hydrogens is 260 g/mol. The smallest absolute Gasteiger partial charge is 0.290 e. The molecule has 0 aromatic heterocycles. The number of thioether (sulfide) groups is 1. The summed E-state index contributed by atoms with van der Waals surface area (Å²) in [6.07, 6.45) is 1.83. The van der Waals surface area contributed by atoms with Crippen molar-refractivity contribution < 1.29 is 9.59 Å². The van der Waals surface area contributed by atoms with Crippen molar-refractivity contribution in [2.24, 2.45) is 0 Å². The van der Waals surface area contributed by atoms with Gasteiger partial charge in [0.15, 0.2) is 5.37 Å². The fourth-order valence-electron chi connectivity index (χ4n) is 1.86. The largest absolute Gasteiger partial charge is 0.365 e. The number of benzene rings is 1. The Labute approximate surface area is 117 Å². The first-order valence-corrected chi connectivity index (χ1v) is 7.35. The van der Waals surface area contributed by atoms with Gasteiger partial charge < -0.3 is 5.32 Å². The summed E-state index contributed by atoms with van der Waals surface area (Å²) in [5, 5.41) is 2.46. The van der Waals surface area contributed by atoms with Crippen molar-refractivity contribution in [3.05, 3.63) is 29.8 Å². The second-order valence-electron chi connectivity index (χ2n) is 4.62. The maximum Gasteiger partial charge on any atom is 0.290 e. The molecule has 0 saturated carbocycles. The summed E-state index contributed by atoms with van der Waals surface area (Å²) >= 11 is 1.06. The fourth-order valence-corrected chi connectivity index (χ4v) is 2.79. The van der Waals surface area contributed by atoms with Gasteiger partial charge >= 0.3 is 0 Å². The maximum atomic E-state index is 12.1. The second-order valence-corrected chi connectivity index (χ2v) is 5.67. The molecule has 102 valence electrons. The molecule has 1 aliphatic rings. The number of anilines is 1. The molecule has 0 aliphatic carbocycles. The summed E-state index contributed by atoms with van der Waals surface area (Å²) in [6, 6.07) is 7.79. The third-order valence-corrected chi connectivity index (χ3v) is 3.99. The predicted molar refractivity (Wildman–Crippen MR) is 78.2 cm³/mol. The van der Waals surface area contributed by atoms with Crippen molar-refractivity contribution in [2.75, 3.05) is 11.9 Å². The number of nitrogens with one attached hydrogen (secondary N) is 1. The topological polar surface area (TPSA) is 49.4 Å². The highest BCUT2D eigenvalue weighted by atomic mass is 32.2. The van der Waals surface area contributed by atoms with E-state index >= 15 is 0 Å². The summed E-state index contributed by atoms with van der Waals surface area (Å²) < 4.78 is 0. The van der Waals surface area contributed by atoms with Crippen LogP contribution in [0, 0.1) is 6.92 Å². The first-order valence-electron chi connectivity index (χ1n) is 6.47. The molecule has 1 saturated heterocycles. The van der Waals surface area contributed by atoms with E-state index in [1.165, 1.54) is 4.90 Å². The van der Waals surface area contributed by atoms with Crippen molar-refractivity contribution in [3.63, 3.8) is 0 Å². The number of carbonyl (C=O) groups excluding carboxylic acids is 2. The molecule has 1 aromatic carbocycles. The zero-order valence-electron chi connectivity index (χ0n) is 11.2. The van der Waals surface area contributed by atoms with Crippen molar-refractivity contribution >= 4 is 28.6 Å². The monoisotopic (exact) mass is 278 g/mol. The first-order chi connectivity index (χ1) is 9.11. The van der Waals surface area contributed by atoms with Crippen LogP contribution < -0.4 is 5.32 Å². The van der Waals surface area contributed by atoms with E-state index in [0.29, 0.717) is 6.54 Å². The lowest BCUT2D eigenvalue weighted by Gasteiger charge is -2.14. The lowest BCUT2D eigenvalue weighted by atomic mass is 10.2. The lowest BCUT2D eigenvalue weighted by Crippen LogP contribution is -2.35. The molecule has 19 heavy (non-hydrogen) atoms. The van der Waals surface area contributed by atoms with E-state index in [2.05, 4.69) is 5.32 Å². The Morgan fingerprint density at radius 2 is 1.95 bits per heavy atom. The number of rotatable bonds is 5. The van der Waals surface area contributed by atoms with Crippen LogP contribution in [0.25, 0.3) is 0 Å². The molecule has 0 spiro atoms. The van der Waals surface area contributed by atoms with E-state index in [0.717, 1.165) is 35.9 Å². The van der Waals surface area contributed by atoms with Gasteiger partial charge in [-0.2, -0.15) is 0 Å². The number of imide groups is 1. The Morgan fingerprint density at radius 3 is 2.58 bits per heavy atom. The minimum absolute atomic E-state index is 0.135. The Bertz CT molecular complexity index is 473. The zero-order chi connectivity index (χ0) is 13.8. The van der Waals surface area contributed by atoms with Crippen molar-refractivity contribution in [3.8, 4) is 0 Å². The van der Waals surface area contributed by atoms with Crippen LogP contribution in [0.1, 0.15) is 25.3 Å². The van der Waals surface area contributed by atoms with Crippen molar-refractivity contribution in [2.45, 2.75) is 32.1 Å². The fraction of sp³-hybridized carbons (Fsp3) is 0.429. The maximum absolute atomic E-state index is 12.1. The summed E-state index contributed by atoms with van der Waals surface area (Å²) in [5.74, 6) is -0.135. The molecule has 1 atom stereocenters. The Balaban J connectivity index is 2.00. The van der Waals surface area contributed by atoms with Crippen LogP contribution in [0.3, 0.4) is 0 Å². The number of unbranched alkanes of at least 4 members (excludes halogenated alkanes) is 1. The summed E-state index contributed by atoms with van der Waals surface area (Å²) in [7, 11) is 0. The van der Waals surface area contributed by atoms with Gasteiger partial charge in [0.05, 0.1) is 0 Å². The van der Waals surface area contributed by atoms with Crippen LogP contribution in [0.2, 0.25) is 0 Å². The number of amides is 2. The summed E-state index contributed by atoms with van der Waals surface area (Å²) in [5.41, 5.74) is 2.03. The third-order valence-electron chi connectivity index (χ3n) is 3.01. The number of carbonyl (C=O) groups is 2. The quantitative estimate of drug-likeness (QED) is 0.898. The van der Waals surface area contributed by atoms with Gasteiger partial charge in [-0.15, -0.1) is 0 Å². The molecule has 4 nitrogen and oxygen atoms in total.